The SMILES string of the molecule is COc1ccc2c(N3CCC(N4CCCC4)C3)nccc2c1. The Morgan fingerprint density at radius 1 is 1.14 bits per heavy atom. The van der Waals surface area contributed by atoms with Crippen molar-refractivity contribution in [1.29, 1.82) is 0 Å². The highest BCUT2D eigenvalue weighted by molar-refractivity contribution is 5.93. The van der Waals surface area contributed by atoms with Crippen LogP contribution >= 0.6 is 0 Å². The van der Waals surface area contributed by atoms with Crippen molar-refractivity contribution >= 4 is 16.6 Å². The first-order valence-electron chi connectivity index (χ1n) is 8.27. The summed E-state index contributed by atoms with van der Waals surface area (Å²) >= 11 is 0. The molecule has 4 heteroatoms. The number of likely N-dealkylation sites (tertiary alicyclic amines) is 1. The molecule has 2 aromatic rings. The Hall–Kier alpha value is -1.81. The van der Waals surface area contributed by atoms with E-state index in [9.17, 15) is 0 Å². The zero-order chi connectivity index (χ0) is 14.9. The van der Waals surface area contributed by atoms with E-state index in [2.05, 4.69) is 33.0 Å². The fourth-order valence-corrected chi connectivity index (χ4v) is 3.86. The Morgan fingerprint density at radius 3 is 2.82 bits per heavy atom. The van der Waals surface area contributed by atoms with Crippen LogP contribution in [0.25, 0.3) is 10.8 Å². The van der Waals surface area contributed by atoms with Crippen molar-refractivity contribution in [2.75, 3.05) is 38.2 Å². The molecule has 2 fully saturated rings. The Kier molecular flexibility index (Phi) is 3.62. The summed E-state index contributed by atoms with van der Waals surface area (Å²) in [5.41, 5.74) is 0. The number of hydrogen-bond donors (Lipinski definition) is 0. The molecule has 0 bridgehead atoms. The number of pyridine rings is 1. The Morgan fingerprint density at radius 2 is 2.00 bits per heavy atom. The molecule has 4 nitrogen and oxygen atoms in total. The van der Waals surface area contributed by atoms with Crippen molar-refractivity contribution < 1.29 is 4.74 Å². The Balaban J connectivity index is 1.61. The van der Waals surface area contributed by atoms with E-state index in [4.69, 9.17) is 4.74 Å². The molecule has 4 rings (SSSR count). The lowest BCUT2D eigenvalue weighted by Gasteiger charge is -2.24. The highest BCUT2D eigenvalue weighted by atomic mass is 16.5. The molecule has 0 aliphatic carbocycles. The van der Waals surface area contributed by atoms with E-state index in [-0.39, 0.29) is 0 Å². The number of anilines is 1. The number of nitrogens with zero attached hydrogens (tertiary/aromatic N) is 3. The van der Waals surface area contributed by atoms with Gasteiger partial charge >= 0.3 is 0 Å². The maximum atomic E-state index is 5.33. The van der Waals surface area contributed by atoms with Crippen LogP contribution in [0.4, 0.5) is 5.82 Å². The minimum Gasteiger partial charge on any atom is -0.497 e. The molecule has 2 aliphatic rings. The molecule has 0 N–H and O–H groups in total. The van der Waals surface area contributed by atoms with Gasteiger partial charge in [0.2, 0.25) is 0 Å². The first kappa shape index (κ1) is 13.8. The van der Waals surface area contributed by atoms with Gasteiger partial charge in [0.05, 0.1) is 7.11 Å². The van der Waals surface area contributed by atoms with Gasteiger partial charge < -0.3 is 9.64 Å². The van der Waals surface area contributed by atoms with Crippen LogP contribution in [0.1, 0.15) is 19.3 Å². The highest BCUT2D eigenvalue weighted by Crippen LogP contribution is 2.31. The van der Waals surface area contributed by atoms with E-state index in [1.54, 1.807) is 7.11 Å². The lowest BCUT2D eigenvalue weighted by atomic mass is 10.1. The smallest absolute Gasteiger partial charge is 0.136 e. The summed E-state index contributed by atoms with van der Waals surface area (Å²) in [6.45, 7) is 4.77. The van der Waals surface area contributed by atoms with E-state index >= 15 is 0 Å². The van der Waals surface area contributed by atoms with Gasteiger partial charge in [-0.2, -0.15) is 0 Å². The van der Waals surface area contributed by atoms with Crippen LogP contribution in [0.3, 0.4) is 0 Å². The third-order valence-corrected chi connectivity index (χ3v) is 5.07. The first-order chi connectivity index (χ1) is 10.8. The minimum absolute atomic E-state index is 0.706. The first-order valence-corrected chi connectivity index (χ1v) is 8.27. The van der Waals surface area contributed by atoms with Gasteiger partial charge in [-0.05, 0) is 62.0 Å². The van der Waals surface area contributed by atoms with Gasteiger partial charge in [0.1, 0.15) is 11.6 Å². The second-order valence-electron chi connectivity index (χ2n) is 6.35. The third-order valence-electron chi connectivity index (χ3n) is 5.07. The van der Waals surface area contributed by atoms with Gasteiger partial charge in [-0.1, -0.05) is 0 Å². The van der Waals surface area contributed by atoms with Crippen molar-refractivity contribution in [2.45, 2.75) is 25.3 Å². The normalized spacial score (nSPS) is 22.6. The van der Waals surface area contributed by atoms with E-state index in [0.717, 1.165) is 24.7 Å². The van der Waals surface area contributed by atoms with Crippen molar-refractivity contribution in [3.05, 3.63) is 30.5 Å². The van der Waals surface area contributed by atoms with Crippen LogP contribution in [-0.2, 0) is 0 Å². The molecule has 3 heterocycles. The summed E-state index contributed by atoms with van der Waals surface area (Å²) in [6, 6.07) is 9.03. The maximum absolute atomic E-state index is 5.33. The number of methoxy groups -OCH3 is 1. The second kappa shape index (κ2) is 5.76. The van der Waals surface area contributed by atoms with Gasteiger partial charge in [0.15, 0.2) is 0 Å². The van der Waals surface area contributed by atoms with E-state index in [0.29, 0.717) is 6.04 Å². The number of rotatable bonds is 3. The van der Waals surface area contributed by atoms with Crippen molar-refractivity contribution in [3.63, 3.8) is 0 Å². The van der Waals surface area contributed by atoms with Gasteiger partial charge in [0, 0.05) is 30.7 Å². The molecule has 1 atom stereocenters. The molecule has 1 unspecified atom stereocenters. The van der Waals surface area contributed by atoms with Crippen LogP contribution in [0.2, 0.25) is 0 Å². The molecule has 2 saturated heterocycles. The summed E-state index contributed by atoms with van der Waals surface area (Å²) in [7, 11) is 1.71. The molecule has 0 spiro atoms. The average molecular weight is 297 g/mol. The number of aromatic nitrogens is 1. The molecular formula is C18H23N3O. The van der Waals surface area contributed by atoms with Crippen LogP contribution in [0, 0.1) is 0 Å². The summed E-state index contributed by atoms with van der Waals surface area (Å²) in [4.78, 5) is 9.79. The fraction of sp³-hybridized carbons (Fsp3) is 0.500. The molecule has 0 saturated carbocycles. The molecule has 22 heavy (non-hydrogen) atoms. The van der Waals surface area contributed by atoms with Crippen molar-refractivity contribution in [2.24, 2.45) is 0 Å². The number of hydrogen-bond acceptors (Lipinski definition) is 4. The van der Waals surface area contributed by atoms with Crippen LogP contribution < -0.4 is 9.64 Å². The van der Waals surface area contributed by atoms with Crippen molar-refractivity contribution in [1.82, 2.24) is 9.88 Å². The third kappa shape index (κ3) is 2.41. The minimum atomic E-state index is 0.706. The maximum Gasteiger partial charge on any atom is 0.136 e. The van der Waals surface area contributed by atoms with Crippen molar-refractivity contribution in [3.8, 4) is 5.75 Å². The lowest BCUT2D eigenvalue weighted by molar-refractivity contribution is 0.260. The Labute approximate surface area is 131 Å². The summed E-state index contributed by atoms with van der Waals surface area (Å²) < 4.78 is 5.33. The molecule has 0 radical (unpaired) electrons. The predicted octanol–water partition coefficient (Wildman–Crippen LogP) is 2.92. The lowest BCUT2D eigenvalue weighted by Crippen LogP contribution is -2.35. The molecule has 1 aromatic heterocycles. The van der Waals surface area contributed by atoms with Gasteiger partial charge in [-0.3, -0.25) is 4.90 Å². The topological polar surface area (TPSA) is 28.6 Å². The quantitative estimate of drug-likeness (QED) is 0.871. The zero-order valence-electron chi connectivity index (χ0n) is 13.2. The second-order valence-corrected chi connectivity index (χ2v) is 6.35. The fourth-order valence-electron chi connectivity index (χ4n) is 3.86. The number of fused-ring (bicyclic) bond motifs is 1. The largest absolute Gasteiger partial charge is 0.497 e. The molecule has 1 aromatic carbocycles. The summed E-state index contributed by atoms with van der Waals surface area (Å²) in [6.07, 6.45) is 5.90. The molecule has 0 amide bonds. The van der Waals surface area contributed by atoms with Gasteiger partial charge in [0.25, 0.3) is 0 Å². The predicted molar refractivity (Wildman–Crippen MR) is 89.7 cm³/mol. The summed E-state index contributed by atoms with van der Waals surface area (Å²) in [5, 5.41) is 2.43. The van der Waals surface area contributed by atoms with E-state index in [1.807, 2.05) is 12.3 Å². The average Bonchev–Trinajstić information content (AvgIpc) is 3.24. The standard InChI is InChI=1S/C18H23N3O/c1-22-16-4-5-17-14(12-16)6-8-19-18(17)21-11-7-15(13-21)20-9-2-3-10-20/h4-6,8,12,15H,2-3,7,9-11,13H2,1H3. The number of ether oxygens (including phenoxy) is 1. The molecular weight excluding hydrogens is 274 g/mol. The van der Waals surface area contributed by atoms with Gasteiger partial charge in [-0.15, -0.1) is 0 Å². The monoisotopic (exact) mass is 297 g/mol. The molecule has 2 aliphatic heterocycles. The summed E-state index contributed by atoms with van der Waals surface area (Å²) in [5.74, 6) is 2.03. The van der Waals surface area contributed by atoms with E-state index < -0.39 is 0 Å². The van der Waals surface area contributed by atoms with Crippen LogP contribution in [-0.4, -0.2) is 49.2 Å². The Bertz CT molecular complexity index is 666. The van der Waals surface area contributed by atoms with E-state index in [1.165, 1.54) is 43.1 Å². The zero-order valence-corrected chi connectivity index (χ0v) is 13.2. The molecule has 116 valence electrons. The van der Waals surface area contributed by atoms with Crippen LogP contribution in [0.5, 0.6) is 5.75 Å². The van der Waals surface area contributed by atoms with Gasteiger partial charge in [-0.25, -0.2) is 4.98 Å². The van der Waals surface area contributed by atoms with Crippen LogP contribution in [0.15, 0.2) is 30.5 Å². The number of benzene rings is 1. The highest BCUT2D eigenvalue weighted by Gasteiger charge is 2.30.